The summed E-state index contributed by atoms with van der Waals surface area (Å²) in [6.07, 6.45) is -4.84. The summed E-state index contributed by atoms with van der Waals surface area (Å²) in [6.45, 7) is 0. The lowest BCUT2D eigenvalue weighted by Gasteiger charge is -2.15. The summed E-state index contributed by atoms with van der Waals surface area (Å²) in [5.74, 6) is -4.16. The maximum atomic E-state index is 13.6. The number of alkyl halides is 3. The van der Waals surface area contributed by atoms with Gasteiger partial charge in [0.15, 0.2) is 11.6 Å². The summed E-state index contributed by atoms with van der Waals surface area (Å²) < 4.78 is 79.4. The fourth-order valence-corrected chi connectivity index (χ4v) is 1.83. The molecule has 0 radical (unpaired) electrons. The van der Waals surface area contributed by atoms with E-state index in [-0.39, 0.29) is 23.5 Å². The molecule has 0 heterocycles. The first-order valence-corrected chi connectivity index (χ1v) is 5.93. The monoisotopic (exact) mass is 357 g/mol. The molecule has 0 spiro atoms. The lowest BCUT2D eigenvalue weighted by atomic mass is 9.99. The van der Waals surface area contributed by atoms with Gasteiger partial charge >= 0.3 is 6.36 Å². The van der Waals surface area contributed by atoms with Crippen LogP contribution in [0.4, 0.5) is 26.3 Å². The fourth-order valence-electron chi connectivity index (χ4n) is 1.83. The van der Waals surface area contributed by atoms with Crippen molar-refractivity contribution < 1.29 is 31.1 Å². The minimum Gasteiger partial charge on any atom is -0.406 e. The van der Waals surface area contributed by atoms with E-state index in [0.717, 1.165) is 12.1 Å². The predicted octanol–water partition coefficient (Wildman–Crippen LogP) is 4.47. The summed E-state index contributed by atoms with van der Waals surface area (Å²) in [5, 5.41) is 0. The van der Waals surface area contributed by atoms with Gasteiger partial charge in [0.05, 0.1) is 6.04 Å². The van der Waals surface area contributed by atoms with Gasteiger partial charge in [-0.25, -0.2) is 13.2 Å². The van der Waals surface area contributed by atoms with E-state index in [9.17, 15) is 26.3 Å². The molecule has 2 rings (SSSR count). The van der Waals surface area contributed by atoms with E-state index in [1.54, 1.807) is 0 Å². The molecule has 2 nitrogen and oxygen atoms in total. The first-order valence-electron chi connectivity index (χ1n) is 5.93. The quantitative estimate of drug-likeness (QED) is 0.649. The van der Waals surface area contributed by atoms with Gasteiger partial charge in [0.2, 0.25) is 0 Å². The third-order valence-electron chi connectivity index (χ3n) is 2.85. The second kappa shape index (κ2) is 7.10. The van der Waals surface area contributed by atoms with Gasteiger partial charge in [-0.15, -0.1) is 25.6 Å². The number of benzene rings is 2. The molecule has 2 aromatic rings. The van der Waals surface area contributed by atoms with Crippen LogP contribution in [0, 0.1) is 17.5 Å². The molecule has 2 aromatic carbocycles. The topological polar surface area (TPSA) is 35.2 Å². The molecule has 0 aliphatic rings. The molecule has 0 aromatic heterocycles. The van der Waals surface area contributed by atoms with Crippen LogP contribution in [0.3, 0.4) is 0 Å². The van der Waals surface area contributed by atoms with E-state index in [1.165, 1.54) is 12.1 Å². The van der Waals surface area contributed by atoms with Gasteiger partial charge in [-0.05, 0) is 23.8 Å². The Balaban J connectivity index is 0.00000264. The normalized spacial score (nSPS) is 12.5. The summed E-state index contributed by atoms with van der Waals surface area (Å²) in [6, 6.07) is 4.11. The molecule has 2 N–H and O–H groups in total. The molecule has 23 heavy (non-hydrogen) atoms. The van der Waals surface area contributed by atoms with Crippen LogP contribution in [0.15, 0.2) is 36.4 Å². The van der Waals surface area contributed by atoms with Crippen LogP contribution in [0.25, 0.3) is 0 Å². The SMILES string of the molecule is Cl.N[C@H](c1ccc(OC(F)(F)F)cc1)c1cc(F)c(F)cc1F. The van der Waals surface area contributed by atoms with Gasteiger partial charge in [0, 0.05) is 11.6 Å². The highest BCUT2D eigenvalue weighted by molar-refractivity contribution is 5.85. The number of hydrogen-bond acceptors (Lipinski definition) is 2. The molecule has 0 aliphatic carbocycles. The molecule has 0 aliphatic heterocycles. The zero-order valence-electron chi connectivity index (χ0n) is 11.2. The summed E-state index contributed by atoms with van der Waals surface area (Å²) in [5.41, 5.74) is 5.61. The van der Waals surface area contributed by atoms with Crippen LogP contribution in [-0.2, 0) is 0 Å². The number of hydrogen-bond donors (Lipinski definition) is 1. The average Bonchev–Trinajstić information content (AvgIpc) is 2.41. The van der Waals surface area contributed by atoms with E-state index in [4.69, 9.17) is 5.73 Å². The number of nitrogens with two attached hydrogens (primary N) is 1. The Bertz CT molecular complexity index is 674. The molecule has 0 fully saturated rings. The molecule has 0 saturated carbocycles. The van der Waals surface area contributed by atoms with Gasteiger partial charge in [0.25, 0.3) is 0 Å². The van der Waals surface area contributed by atoms with E-state index >= 15 is 0 Å². The first kappa shape index (κ1) is 19.1. The van der Waals surface area contributed by atoms with E-state index < -0.39 is 35.6 Å². The Kier molecular flexibility index (Phi) is 5.90. The largest absolute Gasteiger partial charge is 0.573 e. The first-order chi connectivity index (χ1) is 10.2. The van der Waals surface area contributed by atoms with E-state index in [1.807, 2.05) is 0 Å². The van der Waals surface area contributed by atoms with Crippen molar-refractivity contribution in [3.63, 3.8) is 0 Å². The Hall–Kier alpha value is -1.93. The Labute approximate surface area is 133 Å². The number of halogens is 7. The second-order valence-electron chi connectivity index (χ2n) is 4.38. The van der Waals surface area contributed by atoms with E-state index in [2.05, 4.69) is 4.74 Å². The predicted molar refractivity (Wildman–Crippen MR) is 72.7 cm³/mol. The lowest BCUT2D eigenvalue weighted by molar-refractivity contribution is -0.274. The zero-order valence-corrected chi connectivity index (χ0v) is 12.0. The van der Waals surface area contributed by atoms with Crippen molar-refractivity contribution in [2.45, 2.75) is 12.4 Å². The van der Waals surface area contributed by atoms with Gasteiger partial charge in [-0.3, -0.25) is 0 Å². The van der Waals surface area contributed by atoms with Gasteiger partial charge in [0.1, 0.15) is 11.6 Å². The third kappa shape index (κ3) is 4.77. The number of rotatable bonds is 3. The van der Waals surface area contributed by atoms with Crippen molar-refractivity contribution in [1.29, 1.82) is 0 Å². The lowest BCUT2D eigenvalue weighted by Crippen LogP contribution is -2.17. The van der Waals surface area contributed by atoms with Crippen molar-refractivity contribution in [3.05, 3.63) is 65.0 Å². The molecule has 0 amide bonds. The highest BCUT2D eigenvalue weighted by atomic mass is 35.5. The minimum absolute atomic E-state index is 0. The Morgan fingerprint density at radius 3 is 1.91 bits per heavy atom. The van der Waals surface area contributed by atoms with Crippen molar-refractivity contribution in [1.82, 2.24) is 0 Å². The Morgan fingerprint density at radius 2 is 1.39 bits per heavy atom. The van der Waals surface area contributed by atoms with Crippen LogP contribution in [0.1, 0.15) is 17.2 Å². The van der Waals surface area contributed by atoms with Gasteiger partial charge in [-0.1, -0.05) is 12.1 Å². The van der Waals surface area contributed by atoms with E-state index in [0.29, 0.717) is 12.1 Å². The summed E-state index contributed by atoms with van der Waals surface area (Å²) in [4.78, 5) is 0. The van der Waals surface area contributed by atoms with Crippen LogP contribution in [-0.4, -0.2) is 6.36 Å². The zero-order chi connectivity index (χ0) is 16.5. The minimum atomic E-state index is -4.84. The highest BCUT2D eigenvalue weighted by Gasteiger charge is 2.31. The summed E-state index contributed by atoms with van der Waals surface area (Å²) in [7, 11) is 0. The molecule has 0 bridgehead atoms. The van der Waals surface area contributed by atoms with Crippen LogP contribution < -0.4 is 10.5 Å². The van der Waals surface area contributed by atoms with Crippen molar-refractivity contribution in [2.24, 2.45) is 5.73 Å². The molecular formula is C14H10ClF6NO. The fraction of sp³-hybridized carbons (Fsp3) is 0.143. The third-order valence-corrected chi connectivity index (χ3v) is 2.85. The smallest absolute Gasteiger partial charge is 0.406 e. The Morgan fingerprint density at radius 1 is 0.870 bits per heavy atom. The standard InChI is InChI=1S/C14H9F6NO.ClH/c15-10-6-12(17)11(16)5-9(10)13(21)7-1-3-8(4-2-7)22-14(18,19)20;/h1-6,13H,21H2;1H/t13-;/m1./s1. The molecule has 9 heteroatoms. The second-order valence-corrected chi connectivity index (χ2v) is 4.38. The molecule has 1 atom stereocenters. The molecule has 0 unspecified atom stereocenters. The molecule has 0 saturated heterocycles. The highest BCUT2D eigenvalue weighted by Crippen LogP contribution is 2.27. The van der Waals surface area contributed by atoms with Gasteiger partial charge in [-0.2, -0.15) is 0 Å². The van der Waals surface area contributed by atoms with Gasteiger partial charge < -0.3 is 10.5 Å². The molecule has 126 valence electrons. The maximum absolute atomic E-state index is 13.6. The van der Waals surface area contributed by atoms with Crippen LogP contribution in [0.2, 0.25) is 0 Å². The molecular weight excluding hydrogens is 348 g/mol. The van der Waals surface area contributed by atoms with Crippen molar-refractivity contribution in [3.8, 4) is 5.75 Å². The maximum Gasteiger partial charge on any atom is 0.573 e. The van der Waals surface area contributed by atoms with Crippen LogP contribution >= 0.6 is 12.4 Å². The van der Waals surface area contributed by atoms with Crippen molar-refractivity contribution >= 4 is 12.4 Å². The van der Waals surface area contributed by atoms with Crippen LogP contribution in [0.5, 0.6) is 5.75 Å². The number of ether oxygens (including phenoxy) is 1. The summed E-state index contributed by atoms with van der Waals surface area (Å²) >= 11 is 0. The van der Waals surface area contributed by atoms with Crippen molar-refractivity contribution in [2.75, 3.05) is 0 Å². The average molecular weight is 358 g/mol.